The molecule has 0 radical (unpaired) electrons. The fourth-order valence-corrected chi connectivity index (χ4v) is 5.43. The molecule has 1 aliphatic heterocycles. The number of para-hydroxylation sites is 1. The molecule has 3 N–H and O–H groups in total. The van der Waals surface area contributed by atoms with E-state index >= 15 is 0 Å². The molecule has 1 amide bonds. The predicted molar refractivity (Wildman–Crippen MR) is 115 cm³/mol. The number of carbonyl (C=O) groups is 3. The van der Waals surface area contributed by atoms with Crippen molar-refractivity contribution in [2.45, 2.75) is 49.5 Å². The summed E-state index contributed by atoms with van der Waals surface area (Å²) in [7, 11) is 0. The van der Waals surface area contributed by atoms with Crippen molar-refractivity contribution in [2.75, 3.05) is 4.90 Å². The van der Waals surface area contributed by atoms with E-state index in [-0.39, 0.29) is 11.5 Å². The van der Waals surface area contributed by atoms with Crippen LogP contribution in [0.4, 0.5) is 18.9 Å². The molecule has 2 aliphatic rings. The molecule has 7 nitrogen and oxygen atoms in total. The van der Waals surface area contributed by atoms with Crippen LogP contribution in [-0.2, 0) is 9.59 Å². The van der Waals surface area contributed by atoms with Crippen LogP contribution in [0.25, 0.3) is 0 Å². The molecule has 1 fully saturated rings. The second-order valence-corrected chi connectivity index (χ2v) is 8.67. The van der Waals surface area contributed by atoms with E-state index in [9.17, 15) is 32.7 Å². The number of carboxylic acid groups (broad SMARTS) is 1. The standard InChI is InChI=1S/C24H23F3N2O5/c25-24(26,27)34-15-6-3-5-14(13-15)21(31)29-18-9-2-1-7-16(18)20(17-8-4-10-19(17)29)23(28,11-12-30)22(32)33/h1-3,5-7,9,12-13,17,19-20H,4,8,10-11,28H2,(H,32,33). The summed E-state index contributed by atoms with van der Waals surface area (Å²) < 4.78 is 42.0. The normalized spacial score (nSPS) is 23.4. The first kappa shape index (κ1) is 23.7. The smallest absolute Gasteiger partial charge is 0.480 e. The number of hydrogen-bond donors (Lipinski definition) is 2. The van der Waals surface area contributed by atoms with Crippen molar-refractivity contribution in [3.63, 3.8) is 0 Å². The van der Waals surface area contributed by atoms with Crippen LogP contribution in [0.1, 0.15) is 47.5 Å². The van der Waals surface area contributed by atoms with Crippen molar-refractivity contribution in [3.8, 4) is 5.75 Å². The zero-order chi connectivity index (χ0) is 24.7. The van der Waals surface area contributed by atoms with Crippen molar-refractivity contribution >= 4 is 23.9 Å². The van der Waals surface area contributed by atoms with Gasteiger partial charge in [-0.25, -0.2) is 0 Å². The third-order valence-electron chi connectivity index (χ3n) is 6.73. The van der Waals surface area contributed by atoms with Crippen molar-refractivity contribution in [1.82, 2.24) is 0 Å². The molecule has 10 heteroatoms. The monoisotopic (exact) mass is 476 g/mol. The summed E-state index contributed by atoms with van der Waals surface area (Å²) in [4.78, 5) is 38.7. The minimum atomic E-state index is -4.90. The van der Waals surface area contributed by atoms with Gasteiger partial charge >= 0.3 is 12.3 Å². The maximum atomic E-state index is 13.6. The summed E-state index contributed by atoms with van der Waals surface area (Å²) in [6, 6.07) is 11.2. The Labute approximate surface area is 193 Å². The van der Waals surface area contributed by atoms with E-state index in [4.69, 9.17) is 5.73 Å². The summed E-state index contributed by atoms with van der Waals surface area (Å²) in [5.41, 5.74) is 5.45. The average Bonchev–Trinajstić information content (AvgIpc) is 3.24. The van der Waals surface area contributed by atoms with Crippen LogP contribution in [-0.4, -0.2) is 41.2 Å². The molecule has 0 spiro atoms. The Hall–Kier alpha value is -3.40. The third kappa shape index (κ3) is 4.13. The van der Waals surface area contributed by atoms with Gasteiger partial charge in [-0.1, -0.05) is 30.7 Å². The number of carbonyl (C=O) groups excluding carboxylic acids is 2. The lowest BCUT2D eigenvalue weighted by Crippen LogP contribution is -2.60. The molecule has 2 aromatic carbocycles. The van der Waals surface area contributed by atoms with Crippen molar-refractivity contribution in [1.29, 1.82) is 0 Å². The largest absolute Gasteiger partial charge is 0.573 e. The van der Waals surface area contributed by atoms with Crippen LogP contribution in [0.2, 0.25) is 0 Å². The van der Waals surface area contributed by atoms with Crippen molar-refractivity contribution in [2.24, 2.45) is 11.7 Å². The lowest BCUT2D eigenvalue weighted by atomic mass is 9.66. The Morgan fingerprint density at radius 1 is 1.15 bits per heavy atom. The quantitative estimate of drug-likeness (QED) is 0.613. The summed E-state index contributed by atoms with van der Waals surface area (Å²) in [6.45, 7) is 0. The molecular weight excluding hydrogens is 453 g/mol. The van der Waals surface area contributed by atoms with Gasteiger partial charge in [0, 0.05) is 29.6 Å². The number of fused-ring (bicyclic) bond motifs is 2. The topological polar surface area (TPSA) is 110 Å². The molecule has 4 rings (SSSR count). The van der Waals surface area contributed by atoms with E-state index < -0.39 is 47.9 Å². The highest BCUT2D eigenvalue weighted by molar-refractivity contribution is 6.08. The summed E-state index contributed by atoms with van der Waals surface area (Å²) >= 11 is 0. The number of nitrogens with zero attached hydrogens (tertiary/aromatic N) is 1. The number of hydrogen-bond acceptors (Lipinski definition) is 5. The fraction of sp³-hybridized carbons (Fsp3) is 0.375. The highest BCUT2D eigenvalue weighted by Crippen LogP contribution is 2.53. The van der Waals surface area contributed by atoms with Gasteiger partial charge in [0.05, 0.1) is 0 Å². The number of nitrogens with two attached hydrogens (primary N) is 1. The predicted octanol–water partition coefficient (Wildman–Crippen LogP) is 3.87. The molecule has 4 atom stereocenters. The summed E-state index contributed by atoms with van der Waals surface area (Å²) in [5, 5.41) is 9.97. The molecule has 1 heterocycles. The molecule has 0 bridgehead atoms. The number of anilines is 1. The Morgan fingerprint density at radius 2 is 1.88 bits per heavy atom. The molecule has 180 valence electrons. The van der Waals surface area contributed by atoms with E-state index in [0.29, 0.717) is 36.8 Å². The van der Waals surface area contributed by atoms with Gasteiger partial charge in [0.25, 0.3) is 5.91 Å². The summed E-state index contributed by atoms with van der Waals surface area (Å²) in [5.74, 6) is -3.40. The summed E-state index contributed by atoms with van der Waals surface area (Å²) in [6.07, 6.45) is -2.94. The van der Waals surface area contributed by atoms with Crippen LogP contribution in [0.5, 0.6) is 5.75 Å². The number of alkyl halides is 3. The van der Waals surface area contributed by atoms with Gasteiger partial charge in [-0.05, 0) is 48.6 Å². The van der Waals surface area contributed by atoms with Gasteiger partial charge < -0.3 is 25.3 Å². The Morgan fingerprint density at radius 3 is 2.56 bits per heavy atom. The highest BCUT2D eigenvalue weighted by Gasteiger charge is 2.55. The molecular formula is C24H23F3N2O5. The van der Waals surface area contributed by atoms with Crippen LogP contribution in [0.15, 0.2) is 48.5 Å². The van der Waals surface area contributed by atoms with Crippen molar-refractivity contribution < 1.29 is 37.4 Å². The first-order chi connectivity index (χ1) is 16.1. The van der Waals surface area contributed by atoms with Gasteiger partial charge in [0.2, 0.25) is 0 Å². The zero-order valence-corrected chi connectivity index (χ0v) is 18.0. The van der Waals surface area contributed by atoms with Crippen LogP contribution >= 0.6 is 0 Å². The number of aliphatic carboxylic acids is 1. The van der Waals surface area contributed by atoms with Gasteiger partial charge in [0.1, 0.15) is 17.6 Å². The van der Waals surface area contributed by atoms with Crippen LogP contribution < -0.4 is 15.4 Å². The number of benzene rings is 2. The first-order valence-corrected chi connectivity index (χ1v) is 10.8. The Bertz CT molecular complexity index is 1120. The van der Waals surface area contributed by atoms with E-state index in [2.05, 4.69) is 4.74 Å². The van der Waals surface area contributed by atoms with Gasteiger partial charge in [-0.3, -0.25) is 9.59 Å². The molecule has 0 saturated heterocycles. The number of halogens is 3. The number of aldehydes is 1. The average molecular weight is 476 g/mol. The number of rotatable bonds is 6. The highest BCUT2D eigenvalue weighted by atomic mass is 19.4. The Kier molecular flexibility index (Phi) is 6.11. The third-order valence-corrected chi connectivity index (χ3v) is 6.73. The van der Waals surface area contributed by atoms with E-state index in [1.54, 1.807) is 24.3 Å². The molecule has 0 aromatic heterocycles. The lowest BCUT2D eigenvalue weighted by Gasteiger charge is -2.48. The van der Waals surface area contributed by atoms with Crippen molar-refractivity contribution in [3.05, 3.63) is 59.7 Å². The number of ether oxygens (including phenoxy) is 1. The SMILES string of the molecule is NC(CC=O)(C(=O)O)C1c2ccccc2N(C(=O)c2cccc(OC(F)(F)F)c2)C2CCCC21. The maximum Gasteiger partial charge on any atom is 0.573 e. The minimum Gasteiger partial charge on any atom is -0.480 e. The second-order valence-electron chi connectivity index (χ2n) is 8.67. The van der Waals surface area contributed by atoms with Gasteiger partial charge in [-0.2, -0.15) is 0 Å². The van der Waals surface area contributed by atoms with E-state index in [1.165, 1.54) is 17.0 Å². The van der Waals surface area contributed by atoms with Gasteiger partial charge in [0.15, 0.2) is 0 Å². The first-order valence-electron chi connectivity index (χ1n) is 10.8. The molecule has 1 saturated carbocycles. The van der Waals surface area contributed by atoms with Crippen LogP contribution in [0.3, 0.4) is 0 Å². The molecule has 1 aliphatic carbocycles. The zero-order valence-electron chi connectivity index (χ0n) is 18.0. The molecule has 4 unspecified atom stereocenters. The number of carboxylic acids is 1. The molecule has 2 aromatic rings. The van der Waals surface area contributed by atoms with E-state index in [1.807, 2.05) is 0 Å². The van der Waals surface area contributed by atoms with Crippen LogP contribution in [0, 0.1) is 5.92 Å². The Balaban J connectivity index is 1.81. The number of amides is 1. The van der Waals surface area contributed by atoms with Gasteiger partial charge in [-0.15, -0.1) is 13.2 Å². The minimum absolute atomic E-state index is 0.00536. The lowest BCUT2D eigenvalue weighted by molar-refractivity contribution is -0.274. The maximum absolute atomic E-state index is 13.6. The fourth-order valence-electron chi connectivity index (χ4n) is 5.43. The second kappa shape index (κ2) is 8.75. The van der Waals surface area contributed by atoms with E-state index in [0.717, 1.165) is 12.1 Å². The molecule has 34 heavy (non-hydrogen) atoms.